The summed E-state index contributed by atoms with van der Waals surface area (Å²) >= 11 is 5.58. The highest BCUT2D eigenvalue weighted by atomic mass is 35.5. The summed E-state index contributed by atoms with van der Waals surface area (Å²) in [6.07, 6.45) is 12.4. The quantitative estimate of drug-likeness (QED) is 0.330. The molecule has 0 atom stereocenters. The first-order chi connectivity index (χ1) is 6.91. The van der Waals surface area contributed by atoms with Gasteiger partial charge in [-0.2, -0.15) is 0 Å². The van der Waals surface area contributed by atoms with E-state index in [-0.39, 0.29) is 0 Å². The smallest absolute Gasteiger partial charge is 0.0223 e. The van der Waals surface area contributed by atoms with Crippen molar-refractivity contribution in [1.82, 2.24) is 0 Å². The summed E-state index contributed by atoms with van der Waals surface area (Å²) < 4.78 is 0. The molecule has 80 valence electrons. The fourth-order valence-corrected chi connectivity index (χ4v) is 1.34. The minimum atomic E-state index is 0.807. The van der Waals surface area contributed by atoms with Gasteiger partial charge in [-0.25, -0.2) is 0 Å². The SMILES string of the molecule is CCC=CC#CCCCCCCCCl. The number of hydrogen-bond donors (Lipinski definition) is 0. The fourth-order valence-electron chi connectivity index (χ4n) is 1.15. The monoisotopic (exact) mass is 212 g/mol. The lowest BCUT2D eigenvalue weighted by Crippen LogP contribution is -1.79. The van der Waals surface area contributed by atoms with Crippen LogP contribution in [0.1, 0.15) is 51.9 Å². The predicted octanol–water partition coefficient (Wildman–Crippen LogP) is 4.54. The largest absolute Gasteiger partial charge is 0.127 e. The molecule has 0 heterocycles. The molecule has 0 rings (SSSR count). The lowest BCUT2D eigenvalue weighted by molar-refractivity contribution is 0.643. The van der Waals surface area contributed by atoms with E-state index >= 15 is 0 Å². The summed E-state index contributed by atoms with van der Waals surface area (Å²) in [5, 5.41) is 0. The molecule has 0 aromatic rings. The summed E-state index contributed by atoms with van der Waals surface area (Å²) in [5.74, 6) is 6.99. The third kappa shape index (κ3) is 11.6. The molecule has 0 radical (unpaired) electrons. The normalized spacial score (nSPS) is 10.1. The average Bonchev–Trinajstić information content (AvgIpc) is 2.21. The Kier molecular flexibility index (Phi) is 12.2. The van der Waals surface area contributed by atoms with Gasteiger partial charge in [0.1, 0.15) is 0 Å². The van der Waals surface area contributed by atoms with Gasteiger partial charge in [-0.05, 0) is 25.3 Å². The minimum absolute atomic E-state index is 0.807. The van der Waals surface area contributed by atoms with E-state index in [1.54, 1.807) is 0 Å². The Morgan fingerprint density at radius 2 is 1.79 bits per heavy atom. The number of rotatable bonds is 7. The van der Waals surface area contributed by atoms with E-state index < -0.39 is 0 Å². The molecule has 0 saturated carbocycles. The molecule has 0 fully saturated rings. The molecular weight excluding hydrogens is 192 g/mol. The maximum absolute atomic E-state index is 5.58. The van der Waals surface area contributed by atoms with Gasteiger partial charge in [0.15, 0.2) is 0 Å². The summed E-state index contributed by atoms with van der Waals surface area (Å²) in [5.41, 5.74) is 0. The highest BCUT2D eigenvalue weighted by molar-refractivity contribution is 6.17. The molecule has 14 heavy (non-hydrogen) atoms. The molecule has 0 aliphatic carbocycles. The van der Waals surface area contributed by atoms with Crippen molar-refractivity contribution in [3.8, 4) is 11.8 Å². The molecule has 0 N–H and O–H groups in total. The zero-order valence-electron chi connectivity index (χ0n) is 9.19. The van der Waals surface area contributed by atoms with Gasteiger partial charge in [0.25, 0.3) is 0 Å². The van der Waals surface area contributed by atoms with Gasteiger partial charge in [-0.3, -0.25) is 0 Å². The van der Waals surface area contributed by atoms with Crippen molar-refractivity contribution < 1.29 is 0 Å². The molecule has 0 aromatic carbocycles. The number of allylic oxidation sites excluding steroid dienone is 2. The molecule has 0 nitrogen and oxygen atoms in total. The van der Waals surface area contributed by atoms with Crippen LogP contribution in [-0.4, -0.2) is 5.88 Å². The Labute approximate surface area is 93.7 Å². The molecule has 0 bridgehead atoms. The van der Waals surface area contributed by atoms with Gasteiger partial charge in [-0.1, -0.05) is 44.1 Å². The number of alkyl halides is 1. The maximum atomic E-state index is 5.58. The third-order valence-corrected chi connectivity index (χ3v) is 2.24. The van der Waals surface area contributed by atoms with E-state index in [1.807, 2.05) is 6.08 Å². The van der Waals surface area contributed by atoms with Crippen LogP contribution < -0.4 is 0 Å². The first-order valence-corrected chi connectivity index (χ1v) is 6.14. The second-order valence-electron chi connectivity index (χ2n) is 3.34. The Morgan fingerprint density at radius 3 is 2.50 bits per heavy atom. The van der Waals surface area contributed by atoms with Crippen molar-refractivity contribution in [1.29, 1.82) is 0 Å². The van der Waals surface area contributed by atoms with E-state index in [4.69, 9.17) is 11.6 Å². The van der Waals surface area contributed by atoms with E-state index in [0.717, 1.165) is 25.1 Å². The predicted molar refractivity (Wildman–Crippen MR) is 65.6 cm³/mol. The number of unbranched alkanes of at least 4 members (excludes halogenated alkanes) is 5. The highest BCUT2D eigenvalue weighted by Gasteiger charge is 1.87. The van der Waals surface area contributed by atoms with Gasteiger partial charge in [-0.15, -0.1) is 11.6 Å². The topological polar surface area (TPSA) is 0 Å². The molecule has 0 aliphatic heterocycles. The molecular formula is C13H21Cl. The summed E-state index contributed by atoms with van der Waals surface area (Å²) in [6.45, 7) is 2.12. The van der Waals surface area contributed by atoms with Gasteiger partial charge in [0.2, 0.25) is 0 Å². The maximum Gasteiger partial charge on any atom is 0.0223 e. The fraction of sp³-hybridized carbons (Fsp3) is 0.692. The minimum Gasteiger partial charge on any atom is -0.127 e. The van der Waals surface area contributed by atoms with Crippen molar-refractivity contribution in [2.75, 3.05) is 5.88 Å². The van der Waals surface area contributed by atoms with Crippen LogP contribution in [0.25, 0.3) is 0 Å². The van der Waals surface area contributed by atoms with Crippen LogP contribution in [0.5, 0.6) is 0 Å². The third-order valence-electron chi connectivity index (χ3n) is 1.97. The molecule has 0 spiro atoms. The van der Waals surface area contributed by atoms with Crippen molar-refractivity contribution in [3.05, 3.63) is 12.2 Å². The summed E-state index contributed by atoms with van der Waals surface area (Å²) in [6, 6.07) is 0. The van der Waals surface area contributed by atoms with Crippen LogP contribution >= 0.6 is 11.6 Å². The zero-order chi connectivity index (χ0) is 10.5. The van der Waals surface area contributed by atoms with Crippen LogP contribution in [0.2, 0.25) is 0 Å². The van der Waals surface area contributed by atoms with E-state index in [2.05, 4.69) is 24.8 Å². The molecule has 0 aliphatic rings. The second kappa shape index (κ2) is 12.6. The molecule has 0 aromatic heterocycles. The van der Waals surface area contributed by atoms with Crippen LogP contribution in [0, 0.1) is 11.8 Å². The Bertz CT molecular complexity index is 183. The highest BCUT2D eigenvalue weighted by Crippen LogP contribution is 2.05. The lowest BCUT2D eigenvalue weighted by Gasteiger charge is -1.95. The van der Waals surface area contributed by atoms with Crippen LogP contribution in [-0.2, 0) is 0 Å². The van der Waals surface area contributed by atoms with Gasteiger partial charge >= 0.3 is 0 Å². The van der Waals surface area contributed by atoms with Crippen molar-refractivity contribution >= 4 is 11.6 Å². The first kappa shape index (κ1) is 13.6. The first-order valence-electron chi connectivity index (χ1n) is 5.61. The Hall–Kier alpha value is -0.410. The van der Waals surface area contributed by atoms with Gasteiger partial charge in [0, 0.05) is 12.3 Å². The summed E-state index contributed by atoms with van der Waals surface area (Å²) in [4.78, 5) is 0. The van der Waals surface area contributed by atoms with Crippen LogP contribution in [0.3, 0.4) is 0 Å². The van der Waals surface area contributed by atoms with Crippen molar-refractivity contribution in [2.45, 2.75) is 51.9 Å². The Balaban J connectivity index is 3.11. The number of halogens is 1. The molecule has 0 saturated heterocycles. The van der Waals surface area contributed by atoms with Gasteiger partial charge in [0.05, 0.1) is 0 Å². The van der Waals surface area contributed by atoms with E-state index in [0.29, 0.717) is 0 Å². The van der Waals surface area contributed by atoms with Crippen LogP contribution in [0.4, 0.5) is 0 Å². The van der Waals surface area contributed by atoms with E-state index in [9.17, 15) is 0 Å². The lowest BCUT2D eigenvalue weighted by atomic mass is 10.1. The van der Waals surface area contributed by atoms with Gasteiger partial charge < -0.3 is 0 Å². The van der Waals surface area contributed by atoms with Crippen molar-refractivity contribution in [3.63, 3.8) is 0 Å². The zero-order valence-corrected chi connectivity index (χ0v) is 9.95. The second-order valence-corrected chi connectivity index (χ2v) is 3.72. The molecule has 0 unspecified atom stereocenters. The Morgan fingerprint density at radius 1 is 1.07 bits per heavy atom. The average molecular weight is 213 g/mol. The van der Waals surface area contributed by atoms with Crippen molar-refractivity contribution in [2.24, 2.45) is 0 Å². The molecule has 1 heteroatoms. The van der Waals surface area contributed by atoms with E-state index in [1.165, 1.54) is 25.7 Å². The molecule has 0 amide bonds. The number of hydrogen-bond acceptors (Lipinski definition) is 0. The van der Waals surface area contributed by atoms with Crippen LogP contribution in [0.15, 0.2) is 12.2 Å². The standard InChI is InChI=1S/C13H21Cl/c1-2-3-4-5-6-7-8-9-10-11-12-13-14/h3-4H,2,7-13H2,1H3. The summed E-state index contributed by atoms with van der Waals surface area (Å²) in [7, 11) is 0.